The summed E-state index contributed by atoms with van der Waals surface area (Å²) in [6.07, 6.45) is -0.437. The second-order valence-corrected chi connectivity index (χ2v) is 6.54. The Bertz CT molecular complexity index is 840. The van der Waals surface area contributed by atoms with E-state index in [2.05, 4.69) is 10.2 Å². The number of ether oxygens (including phenoxy) is 3. The highest BCUT2D eigenvalue weighted by Gasteiger charge is 2.16. The maximum Gasteiger partial charge on any atom is 0.276 e. The van der Waals surface area contributed by atoms with Gasteiger partial charge in [-0.25, -0.2) is 4.39 Å². The second-order valence-electron chi connectivity index (χ2n) is 5.49. The lowest BCUT2D eigenvalue weighted by molar-refractivity contribution is 0.181. The van der Waals surface area contributed by atoms with Crippen molar-refractivity contribution in [2.45, 2.75) is 18.3 Å². The standard InChI is InChI=1S/C19H19FN2O4S/c1-13(25-17-5-3-14(20)4-6-17)18-21-22-19(26-18)27-12-11-24-16-9-7-15(23-2)8-10-16/h3-10,13H,11-12H2,1-2H3/t13-/m0/s1. The number of nitrogens with zero attached hydrogens (tertiary/aromatic N) is 2. The van der Waals surface area contributed by atoms with E-state index >= 15 is 0 Å². The van der Waals surface area contributed by atoms with E-state index in [-0.39, 0.29) is 5.82 Å². The van der Waals surface area contributed by atoms with E-state index in [0.29, 0.717) is 29.2 Å². The van der Waals surface area contributed by atoms with Crippen LogP contribution < -0.4 is 14.2 Å². The smallest absolute Gasteiger partial charge is 0.276 e. The molecule has 0 spiro atoms. The van der Waals surface area contributed by atoms with E-state index < -0.39 is 6.10 Å². The van der Waals surface area contributed by atoms with Crippen LogP contribution in [0, 0.1) is 5.82 Å². The van der Waals surface area contributed by atoms with Gasteiger partial charge in [0.2, 0.25) is 0 Å². The molecule has 8 heteroatoms. The number of thioether (sulfide) groups is 1. The molecule has 0 saturated heterocycles. The van der Waals surface area contributed by atoms with Crippen LogP contribution in [0.1, 0.15) is 18.9 Å². The van der Waals surface area contributed by atoms with Crippen molar-refractivity contribution in [3.05, 3.63) is 60.2 Å². The summed E-state index contributed by atoms with van der Waals surface area (Å²) in [6.45, 7) is 2.29. The molecule has 1 atom stereocenters. The first kappa shape index (κ1) is 19.0. The maximum atomic E-state index is 12.9. The molecule has 2 aromatic carbocycles. The summed E-state index contributed by atoms with van der Waals surface area (Å²) in [5, 5.41) is 8.43. The highest BCUT2D eigenvalue weighted by atomic mass is 32.2. The molecular weight excluding hydrogens is 371 g/mol. The van der Waals surface area contributed by atoms with Gasteiger partial charge in [0.05, 0.1) is 13.7 Å². The zero-order chi connectivity index (χ0) is 19.1. The topological polar surface area (TPSA) is 66.6 Å². The fourth-order valence-electron chi connectivity index (χ4n) is 2.17. The summed E-state index contributed by atoms with van der Waals surface area (Å²) in [6, 6.07) is 13.2. The molecule has 1 heterocycles. The SMILES string of the molecule is COc1ccc(OCCSc2nnc([C@H](C)Oc3ccc(F)cc3)o2)cc1. The minimum Gasteiger partial charge on any atom is -0.497 e. The van der Waals surface area contributed by atoms with Crippen molar-refractivity contribution in [3.8, 4) is 17.2 Å². The van der Waals surface area contributed by atoms with Crippen LogP contribution in [0.5, 0.6) is 17.2 Å². The van der Waals surface area contributed by atoms with E-state index in [1.54, 1.807) is 26.2 Å². The normalized spacial score (nSPS) is 11.8. The van der Waals surface area contributed by atoms with Crippen LogP contribution in [0.15, 0.2) is 58.2 Å². The average Bonchev–Trinajstić information content (AvgIpc) is 3.17. The number of methoxy groups -OCH3 is 1. The first-order valence-electron chi connectivity index (χ1n) is 8.29. The van der Waals surface area contributed by atoms with Gasteiger partial charge in [0.25, 0.3) is 11.1 Å². The summed E-state index contributed by atoms with van der Waals surface area (Å²) in [4.78, 5) is 0. The molecule has 0 unspecified atom stereocenters. The highest BCUT2D eigenvalue weighted by Crippen LogP contribution is 2.24. The van der Waals surface area contributed by atoms with Crippen LogP contribution in [0.4, 0.5) is 4.39 Å². The molecule has 0 bridgehead atoms. The van der Waals surface area contributed by atoms with Crippen LogP contribution in [-0.2, 0) is 0 Å². The quantitative estimate of drug-likeness (QED) is 0.393. The minimum atomic E-state index is -0.437. The van der Waals surface area contributed by atoms with Crippen LogP contribution >= 0.6 is 11.8 Å². The molecule has 0 aliphatic carbocycles. The Labute approximate surface area is 160 Å². The van der Waals surface area contributed by atoms with Gasteiger partial charge in [0, 0.05) is 5.75 Å². The summed E-state index contributed by atoms with van der Waals surface area (Å²) in [7, 11) is 1.62. The van der Waals surface area contributed by atoms with Gasteiger partial charge in [-0.15, -0.1) is 10.2 Å². The lowest BCUT2D eigenvalue weighted by atomic mass is 10.3. The van der Waals surface area contributed by atoms with E-state index in [1.165, 1.54) is 23.9 Å². The molecule has 142 valence electrons. The number of benzene rings is 2. The molecule has 0 saturated carbocycles. The van der Waals surface area contributed by atoms with Gasteiger partial charge in [-0.05, 0) is 55.5 Å². The summed E-state index contributed by atoms with van der Waals surface area (Å²) in [5.74, 6) is 2.78. The third kappa shape index (κ3) is 5.62. The minimum absolute atomic E-state index is 0.316. The molecule has 3 rings (SSSR count). The Hall–Kier alpha value is -2.74. The van der Waals surface area contributed by atoms with Gasteiger partial charge in [-0.3, -0.25) is 0 Å². The van der Waals surface area contributed by atoms with Crippen LogP contribution in [0.2, 0.25) is 0 Å². The average molecular weight is 390 g/mol. The summed E-state index contributed by atoms with van der Waals surface area (Å²) in [5.41, 5.74) is 0. The van der Waals surface area contributed by atoms with E-state index in [4.69, 9.17) is 18.6 Å². The summed E-state index contributed by atoms with van der Waals surface area (Å²) < 4.78 is 34.9. The monoisotopic (exact) mass is 390 g/mol. The number of aromatic nitrogens is 2. The van der Waals surface area contributed by atoms with Crippen LogP contribution in [0.25, 0.3) is 0 Å². The number of rotatable bonds is 9. The summed E-state index contributed by atoms with van der Waals surface area (Å²) >= 11 is 1.40. The first-order valence-corrected chi connectivity index (χ1v) is 9.28. The molecule has 0 radical (unpaired) electrons. The molecule has 6 nitrogen and oxygen atoms in total. The van der Waals surface area contributed by atoms with Crippen molar-refractivity contribution < 1.29 is 23.0 Å². The van der Waals surface area contributed by atoms with Crippen molar-refractivity contribution in [1.82, 2.24) is 10.2 Å². The highest BCUT2D eigenvalue weighted by molar-refractivity contribution is 7.99. The molecule has 0 aliphatic heterocycles. The van der Waals surface area contributed by atoms with Gasteiger partial charge < -0.3 is 18.6 Å². The Morgan fingerprint density at radius 1 is 1.00 bits per heavy atom. The van der Waals surface area contributed by atoms with Crippen molar-refractivity contribution in [3.63, 3.8) is 0 Å². The zero-order valence-electron chi connectivity index (χ0n) is 14.9. The van der Waals surface area contributed by atoms with Gasteiger partial charge in [0.1, 0.15) is 23.1 Å². The predicted octanol–water partition coefficient (Wildman–Crippen LogP) is 4.53. The Morgan fingerprint density at radius 2 is 1.67 bits per heavy atom. The Kier molecular flexibility index (Phi) is 6.54. The van der Waals surface area contributed by atoms with E-state index in [9.17, 15) is 4.39 Å². The molecular formula is C19H19FN2O4S. The van der Waals surface area contributed by atoms with Gasteiger partial charge in [-0.1, -0.05) is 11.8 Å². The lowest BCUT2D eigenvalue weighted by Crippen LogP contribution is -2.03. The molecule has 27 heavy (non-hydrogen) atoms. The van der Waals surface area contributed by atoms with Crippen LogP contribution in [0.3, 0.4) is 0 Å². The van der Waals surface area contributed by atoms with E-state index in [0.717, 1.165) is 11.5 Å². The van der Waals surface area contributed by atoms with Crippen molar-refractivity contribution in [2.24, 2.45) is 0 Å². The van der Waals surface area contributed by atoms with Crippen molar-refractivity contribution in [2.75, 3.05) is 19.5 Å². The number of hydrogen-bond acceptors (Lipinski definition) is 7. The molecule has 0 amide bonds. The van der Waals surface area contributed by atoms with Gasteiger partial charge >= 0.3 is 0 Å². The molecule has 1 aromatic heterocycles. The van der Waals surface area contributed by atoms with E-state index in [1.807, 2.05) is 24.3 Å². The first-order chi connectivity index (χ1) is 13.1. The lowest BCUT2D eigenvalue weighted by Gasteiger charge is -2.10. The molecule has 0 aliphatic rings. The molecule has 0 N–H and O–H groups in total. The third-order valence-electron chi connectivity index (χ3n) is 3.53. The second kappa shape index (κ2) is 9.27. The third-order valence-corrected chi connectivity index (χ3v) is 4.32. The van der Waals surface area contributed by atoms with Crippen LogP contribution in [-0.4, -0.2) is 29.7 Å². The fourth-order valence-corrected chi connectivity index (χ4v) is 2.76. The Balaban J connectivity index is 1.43. The van der Waals surface area contributed by atoms with Gasteiger partial charge in [-0.2, -0.15) is 0 Å². The predicted molar refractivity (Wildman–Crippen MR) is 99.0 cm³/mol. The van der Waals surface area contributed by atoms with Gasteiger partial charge in [0.15, 0.2) is 6.10 Å². The Morgan fingerprint density at radius 3 is 2.37 bits per heavy atom. The maximum absolute atomic E-state index is 12.9. The zero-order valence-corrected chi connectivity index (χ0v) is 15.7. The molecule has 3 aromatic rings. The molecule has 0 fully saturated rings. The van der Waals surface area contributed by atoms with Crippen molar-refractivity contribution in [1.29, 1.82) is 0 Å². The largest absolute Gasteiger partial charge is 0.497 e. The number of hydrogen-bond donors (Lipinski definition) is 0. The number of halogens is 1. The van der Waals surface area contributed by atoms with Crippen molar-refractivity contribution >= 4 is 11.8 Å². The fraction of sp³-hybridized carbons (Fsp3) is 0.263.